The molecule has 1 heterocycles. The molecule has 6 heteroatoms. The summed E-state index contributed by atoms with van der Waals surface area (Å²) in [5.74, 6) is -0.741. The molecule has 1 aromatic rings. The van der Waals surface area contributed by atoms with Crippen LogP contribution in [0.3, 0.4) is 0 Å². The van der Waals surface area contributed by atoms with Crippen molar-refractivity contribution in [1.82, 2.24) is 10.6 Å². The van der Waals surface area contributed by atoms with Crippen LogP contribution in [-0.4, -0.2) is 42.9 Å². The molecule has 1 unspecified atom stereocenters. The highest BCUT2D eigenvalue weighted by molar-refractivity contribution is 5.82. The zero-order valence-corrected chi connectivity index (χ0v) is 11.3. The van der Waals surface area contributed by atoms with Crippen LogP contribution in [0.15, 0.2) is 24.3 Å². The summed E-state index contributed by atoms with van der Waals surface area (Å²) < 4.78 is 18.9. The van der Waals surface area contributed by atoms with Crippen LogP contribution in [0.5, 0.6) is 0 Å². The van der Waals surface area contributed by atoms with Crippen molar-refractivity contribution in [2.24, 2.45) is 0 Å². The smallest absolute Gasteiger partial charge is 0.239 e. The molecule has 1 saturated heterocycles. The van der Waals surface area contributed by atoms with Crippen LogP contribution in [0.2, 0.25) is 0 Å². The zero-order valence-electron chi connectivity index (χ0n) is 11.3. The van der Waals surface area contributed by atoms with Crippen molar-refractivity contribution in [2.45, 2.75) is 25.2 Å². The van der Waals surface area contributed by atoms with E-state index in [-0.39, 0.29) is 24.1 Å². The number of nitrogens with one attached hydrogen (secondary N) is 2. The maximum absolute atomic E-state index is 13.5. The van der Waals surface area contributed by atoms with Gasteiger partial charge in [-0.2, -0.15) is 0 Å². The van der Waals surface area contributed by atoms with E-state index >= 15 is 0 Å². The molecule has 110 valence electrons. The first-order chi connectivity index (χ1) is 9.59. The minimum Gasteiger partial charge on any atom is -0.386 e. The van der Waals surface area contributed by atoms with Gasteiger partial charge in [-0.25, -0.2) is 4.39 Å². The molecule has 1 amide bonds. The molecule has 2 rings (SSSR count). The average molecular weight is 282 g/mol. The maximum atomic E-state index is 13.5. The average Bonchev–Trinajstić information content (AvgIpc) is 2.45. The highest BCUT2D eigenvalue weighted by Gasteiger charge is 2.28. The Kier molecular flexibility index (Phi) is 5.05. The van der Waals surface area contributed by atoms with Gasteiger partial charge in [0.1, 0.15) is 11.9 Å². The third-order valence-corrected chi connectivity index (χ3v) is 3.33. The minimum atomic E-state index is -1.07. The number of rotatable bonds is 4. The van der Waals surface area contributed by atoms with Gasteiger partial charge in [-0.05, 0) is 13.0 Å². The van der Waals surface area contributed by atoms with Crippen LogP contribution in [0, 0.1) is 5.82 Å². The predicted octanol–water partition coefficient (Wildman–Crippen LogP) is 0.352. The summed E-state index contributed by atoms with van der Waals surface area (Å²) in [5.41, 5.74) is 0.175. The Morgan fingerprint density at radius 2 is 2.35 bits per heavy atom. The van der Waals surface area contributed by atoms with Gasteiger partial charge in [0, 0.05) is 18.7 Å². The molecule has 0 aliphatic carbocycles. The normalized spacial score (nSPS) is 24.1. The molecule has 1 aliphatic rings. The van der Waals surface area contributed by atoms with Crippen molar-refractivity contribution in [3.8, 4) is 0 Å². The highest BCUT2D eigenvalue weighted by atomic mass is 19.1. The molecule has 0 spiro atoms. The van der Waals surface area contributed by atoms with E-state index in [2.05, 4.69) is 10.6 Å². The summed E-state index contributed by atoms with van der Waals surface area (Å²) in [6.07, 6.45) is -1.30. The van der Waals surface area contributed by atoms with Crippen molar-refractivity contribution in [1.29, 1.82) is 0 Å². The molecule has 5 nitrogen and oxygen atoms in total. The van der Waals surface area contributed by atoms with E-state index in [0.29, 0.717) is 13.2 Å². The number of ether oxygens (including phenoxy) is 1. The topological polar surface area (TPSA) is 70.6 Å². The van der Waals surface area contributed by atoms with Crippen LogP contribution in [-0.2, 0) is 9.53 Å². The van der Waals surface area contributed by atoms with Crippen molar-refractivity contribution in [3.63, 3.8) is 0 Å². The molecule has 0 aromatic heterocycles. The van der Waals surface area contributed by atoms with Gasteiger partial charge in [0.15, 0.2) is 0 Å². The van der Waals surface area contributed by atoms with E-state index < -0.39 is 18.0 Å². The van der Waals surface area contributed by atoms with Gasteiger partial charge in [0.25, 0.3) is 0 Å². The molecule has 0 bridgehead atoms. The summed E-state index contributed by atoms with van der Waals surface area (Å²) in [7, 11) is 0. The van der Waals surface area contributed by atoms with Gasteiger partial charge >= 0.3 is 0 Å². The number of carbonyl (C=O) groups is 1. The fraction of sp³-hybridized carbons (Fsp3) is 0.500. The minimum absolute atomic E-state index is 0.0370. The number of aliphatic hydroxyl groups is 1. The lowest BCUT2D eigenvalue weighted by Gasteiger charge is -2.29. The molecular weight excluding hydrogens is 263 g/mol. The predicted molar refractivity (Wildman–Crippen MR) is 71.6 cm³/mol. The summed E-state index contributed by atoms with van der Waals surface area (Å²) in [6.45, 7) is 2.95. The van der Waals surface area contributed by atoms with E-state index in [0.717, 1.165) is 0 Å². The lowest BCUT2D eigenvalue weighted by atomic mass is 10.1. The van der Waals surface area contributed by atoms with Gasteiger partial charge in [0.2, 0.25) is 5.91 Å². The van der Waals surface area contributed by atoms with Gasteiger partial charge < -0.3 is 20.5 Å². The summed E-state index contributed by atoms with van der Waals surface area (Å²) in [5, 5.41) is 15.6. The number of aliphatic hydroxyl groups excluding tert-OH is 1. The Morgan fingerprint density at radius 1 is 1.60 bits per heavy atom. The number of halogens is 1. The highest BCUT2D eigenvalue weighted by Crippen LogP contribution is 2.15. The van der Waals surface area contributed by atoms with Crippen LogP contribution in [0.25, 0.3) is 0 Å². The summed E-state index contributed by atoms with van der Waals surface area (Å²) in [6, 6.07) is 5.52. The van der Waals surface area contributed by atoms with Crippen LogP contribution >= 0.6 is 0 Å². The lowest BCUT2D eigenvalue weighted by molar-refractivity contribution is -0.129. The second kappa shape index (κ2) is 6.78. The Labute approximate surface area is 117 Å². The number of carbonyl (C=O) groups excluding carboxylic acids is 1. The van der Waals surface area contributed by atoms with Gasteiger partial charge in [-0.3, -0.25) is 4.79 Å². The fourth-order valence-electron chi connectivity index (χ4n) is 2.19. The van der Waals surface area contributed by atoms with Gasteiger partial charge in [0.05, 0.1) is 18.8 Å². The molecule has 1 aromatic carbocycles. The van der Waals surface area contributed by atoms with E-state index in [1.807, 2.05) is 6.92 Å². The number of morpholine rings is 1. The number of amides is 1. The van der Waals surface area contributed by atoms with E-state index in [4.69, 9.17) is 4.74 Å². The Balaban J connectivity index is 1.88. The maximum Gasteiger partial charge on any atom is 0.239 e. The van der Waals surface area contributed by atoms with Crippen LogP contribution in [0.4, 0.5) is 4.39 Å². The Hall–Kier alpha value is -1.50. The van der Waals surface area contributed by atoms with E-state index in [1.54, 1.807) is 12.1 Å². The number of benzene rings is 1. The molecule has 1 aliphatic heterocycles. The van der Waals surface area contributed by atoms with Crippen molar-refractivity contribution in [2.75, 3.05) is 19.7 Å². The SMILES string of the molecule is C[C@H]1OCCN[C@@H]1C(=O)NCC(O)c1ccccc1F. The van der Waals surface area contributed by atoms with Gasteiger partial charge in [-0.1, -0.05) is 18.2 Å². The van der Waals surface area contributed by atoms with Gasteiger partial charge in [-0.15, -0.1) is 0 Å². The quantitative estimate of drug-likeness (QED) is 0.745. The van der Waals surface area contributed by atoms with Crippen molar-refractivity contribution >= 4 is 5.91 Å². The second-order valence-electron chi connectivity index (χ2n) is 4.79. The molecule has 3 N–H and O–H groups in total. The Bertz CT molecular complexity index is 469. The summed E-state index contributed by atoms with van der Waals surface area (Å²) >= 11 is 0. The van der Waals surface area contributed by atoms with E-state index in [1.165, 1.54) is 12.1 Å². The first-order valence-electron chi connectivity index (χ1n) is 6.65. The first kappa shape index (κ1) is 14.9. The van der Waals surface area contributed by atoms with Crippen LogP contribution < -0.4 is 10.6 Å². The van der Waals surface area contributed by atoms with Crippen molar-refractivity contribution in [3.05, 3.63) is 35.6 Å². The monoisotopic (exact) mass is 282 g/mol. The lowest BCUT2D eigenvalue weighted by Crippen LogP contribution is -2.55. The third-order valence-electron chi connectivity index (χ3n) is 3.33. The fourth-order valence-corrected chi connectivity index (χ4v) is 2.19. The summed E-state index contributed by atoms with van der Waals surface area (Å²) in [4.78, 5) is 12.0. The standard InChI is InChI=1S/C14H19FN2O3/c1-9-13(16-6-7-20-9)14(19)17-8-12(18)10-4-2-3-5-11(10)15/h2-5,9,12-13,16,18H,6-8H2,1H3,(H,17,19)/t9-,12?,13+/m1/s1. The molecular formula is C14H19FN2O3. The zero-order chi connectivity index (χ0) is 14.5. The first-order valence-corrected chi connectivity index (χ1v) is 6.65. The number of hydrogen-bond acceptors (Lipinski definition) is 4. The molecule has 20 heavy (non-hydrogen) atoms. The van der Waals surface area contributed by atoms with Crippen molar-refractivity contribution < 1.29 is 19.0 Å². The Morgan fingerprint density at radius 3 is 3.05 bits per heavy atom. The molecule has 1 fully saturated rings. The number of hydrogen-bond donors (Lipinski definition) is 3. The second-order valence-corrected chi connectivity index (χ2v) is 4.79. The molecule has 0 saturated carbocycles. The molecule has 3 atom stereocenters. The largest absolute Gasteiger partial charge is 0.386 e. The third kappa shape index (κ3) is 3.53. The molecule has 0 radical (unpaired) electrons. The van der Waals surface area contributed by atoms with Crippen LogP contribution in [0.1, 0.15) is 18.6 Å². The van der Waals surface area contributed by atoms with E-state index in [9.17, 15) is 14.3 Å².